The van der Waals surface area contributed by atoms with E-state index in [-0.39, 0.29) is 46.5 Å². The Morgan fingerprint density at radius 2 is 0.622 bits per heavy atom. The number of halogens is 6. The van der Waals surface area contributed by atoms with Crippen LogP contribution in [0.25, 0.3) is 22.3 Å². The van der Waals surface area contributed by atoms with Gasteiger partial charge in [0.1, 0.15) is 0 Å². The molecule has 0 amide bonds. The van der Waals surface area contributed by atoms with Crippen LogP contribution in [0.1, 0.15) is 185 Å². The van der Waals surface area contributed by atoms with Gasteiger partial charge in [-0.3, -0.25) is 12.2 Å². The van der Waals surface area contributed by atoms with Crippen molar-refractivity contribution in [3.05, 3.63) is 301 Å². The van der Waals surface area contributed by atoms with Gasteiger partial charge in [0.05, 0.1) is 0 Å². The maximum Gasteiger partial charge on any atom is -0.0129 e. The first-order valence-corrected chi connectivity index (χ1v) is 36.0. The molecular formula is C82H84Br4Cl2Zr2-2. The van der Waals surface area contributed by atoms with Crippen LogP contribution in [0.4, 0.5) is 0 Å². The number of fused-ring (bicyclic) bond motifs is 6. The minimum Gasteiger partial charge on any atom is -1.00 e. The van der Waals surface area contributed by atoms with E-state index < -0.39 is 0 Å². The van der Waals surface area contributed by atoms with Crippen LogP contribution >= 0.6 is 63.7 Å². The molecule has 0 bridgehead atoms. The third-order valence-electron chi connectivity index (χ3n) is 15.9. The van der Waals surface area contributed by atoms with Gasteiger partial charge in [0.15, 0.2) is 0 Å². The molecule has 464 valence electrons. The van der Waals surface area contributed by atoms with Crippen LogP contribution in [0.5, 0.6) is 0 Å². The summed E-state index contributed by atoms with van der Waals surface area (Å²) >= 11 is 16.7. The summed E-state index contributed by atoms with van der Waals surface area (Å²) in [6.45, 7) is 36.5. The fourth-order valence-electron chi connectivity index (χ4n) is 11.5. The van der Waals surface area contributed by atoms with E-state index in [4.69, 9.17) is 0 Å². The van der Waals surface area contributed by atoms with E-state index in [1.165, 1.54) is 166 Å². The van der Waals surface area contributed by atoms with E-state index in [1.807, 2.05) is 24.3 Å². The van der Waals surface area contributed by atoms with E-state index >= 15 is 0 Å². The molecule has 0 nitrogen and oxygen atoms in total. The summed E-state index contributed by atoms with van der Waals surface area (Å²) < 4.78 is 7.25. The molecule has 0 saturated carbocycles. The van der Waals surface area contributed by atoms with Gasteiger partial charge in [0.2, 0.25) is 0 Å². The van der Waals surface area contributed by atoms with Crippen LogP contribution in [0.15, 0.2) is 188 Å². The van der Waals surface area contributed by atoms with E-state index in [9.17, 15) is 0 Å². The zero-order valence-corrected chi connectivity index (χ0v) is 68.0. The average molecular weight is 1640 g/mol. The Morgan fingerprint density at radius 1 is 0.367 bits per heavy atom. The van der Waals surface area contributed by atoms with Crippen molar-refractivity contribution >= 4 is 70.1 Å². The van der Waals surface area contributed by atoms with Gasteiger partial charge < -0.3 is 24.8 Å². The summed E-state index contributed by atoms with van der Waals surface area (Å²) in [5.41, 5.74) is 28.4. The Kier molecular flexibility index (Phi) is 29.2. The molecule has 0 unspecified atom stereocenters. The monoisotopic (exact) mass is 1630 g/mol. The zero-order chi connectivity index (χ0) is 64.5. The minimum atomic E-state index is 0. The average Bonchev–Trinajstić information content (AvgIpc) is 1.63. The third kappa shape index (κ3) is 21.4. The Labute approximate surface area is 617 Å². The maximum absolute atomic E-state index is 3.69. The molecule has 4 aliphatic carbocycles. The van der Waals surface area contributed by atoms with Gasteiger partial charge in [-0.05, 0) is 70.9 Å². The summed E-state index contributed by atoms with van der Waals surface area (Å²) in [5, 5.41) is 0. The van der Waals surface area contributed by atoms with Crippen molar-refractivity contribution in [2.75, 3.05) is 0 Å². The van der Waals surface area contributed by atoms with Crippen molar-refractivity contribution in [1.29, 1.82) is 0 Å². The molecule has 8 aromatic rings. The van der Waals surface area contributed by atoms with Crippen LogP contribution in [0.2, 0.25) is 0 Å². The molecule has 12 rings (SSSR count). The predicted octanol–water partition coefficient (Wildman–Crippen LogP) is 17.8. The van der Waals surface area contributed by atoms with E-state index in [0.717, 1.165) is 43.6 Å². The number of hydrogen-bond acceptors (Lipinski definition) is 0. The summed E-state index contributed by atoms with van der Waals surface area (Å²) in [6, 6.07) is 55.7. The number of aryl methyl sites for hydroxylation is 4. The second-order valence-electron chi connectivity index (χ2n) is 27.2. The molecule has 0 N–H and O–H groups in total. The van der Waals surface area contributed by atoms with Gasteiger partial charge in [-0.15, -0.1) is 46.2 Å². The topological polar surface area (TPSA) is 0 Å². The number of allylic oxidation sites excluding steroid dienone is 8. The Morgan fingerprint density at radius 3 is 0.833 bits per heavy atom. The van der Waals surface area contributed by atoms with Crippen molar-refractivity contribution in [3.8, 4) is 22.3 Å². The molecule has 90 heavy (non-hydrogen) atoms. The molecule has 0 heterocycles. The second-order valence-corrected chi connectivity index (χ2v) is 33.3. The third-order valence-corrected chi connectivity index (χ3v) is 20.8. The first-order chi connectivity index (χ1) is 41.3. The molecule has 0 atom stereocenters. The van der Waals surface area contributed by atoms with Crippen LogP contribution in [0.3, 0.4) is 0 Å². The molecule has 0 spiro atoms. The molecule has 0 saturated heterocycles. The van der Waals surface area contributed by atoms with Gasteiger partial charge in [-0.1, -0.05) is 143 Å². The summed E-state index contributed by atoms with van der Waals surface area (Å²) in [7, 11) is 0. The number of rotatable bonds is 4. The second kappa shape index (κ2) is 33.9. The van der Waals surface area contributed by atoms with Crippen molar-refractivity contribution in [3.63, 3.8) is 0 Å². The normalized spacial score (nSPS) is 12.7. The van der Waals surface area contributed by atoms with Crippen molar-refractivity contribution in [2.24, 2.45) is 0 Å². The molecule has 0 aliphatic heterocycles. The first kappa shape index (κ1) is 77.4. The summed E-state index contributed by atoms with van der Waals surface area (Å²) in [5.74, 6) is 0. The zero-order valence-electron chi connectivity index (χ0n) is 55.3. The molecule has 0 fully saturated rings. The smallest absolute Gasteiger partial charge is 0.0129 e. The number of benzene rings is 8. The van der Waals surface area contributed by atoms with Crippen LogP contribution in [-0.4, -0.2) is 6.41 Å². The van der Waals surface area contributed by atoms with Crippen molar-refractivity contribution < 1.29 is 73.3 Å². The van der Waals surface area contributed by atoms with Crippen LogP contribution in [0, 0.1) is 52.0 Å². The summed E-state index contributed by atoms with van der Waals surface area (Å²) in [4.78, 5) is 0. The quantitative estimate of drug-likeness (QED) is 0.154. The minimum absolute atomic E-state index is 0. The van der Waals surface area contributed by atoms with Crippen molar-refractivity contribution in [2.45, 2.75) is 158 Å². The fraction of sp³-hybridized carbons (Fsp3) is 0.293. The Bertz CT molecular complexity index is 3400. The van der Waals surface area contributed by atoms with Crippen LogP contribution < -0.4 is 24.8 Å². The standard InChI is InChI=1S/2C23H29.2C13H8Br2.2C5H5.2ClH.2Zr/c2*1-14-9-16-11-17-10-15(2)21(23(6,7)8)13-19(17)18(16)12-20(14)22(3,4)5;2*14-12-5-1-10(2-6-12)9-11-3-7-13(15)8-4-11;2*1-2-4-5-3-1;;;;/h2*9,12-13H,11H2,1-8H3;2*1-8H;2*1-3H,4H2;2*1H;;/q2*-1;;;2*-1;;;2*+2/p-2. The largest absolute Gasteiger partial charge is 1.00 e. The predicted molar refractivity (Wildman–Crippen MR) is 387 cm³/mol. The van der Waals surface area contributed by atoms with E-state index in [0.29, 0.717) is 0 Å². The molecule has 0 radical (unpaired) electrons. The van der Waals surface area contributed by atoms with Gasteiger partial charge in [0.25, 0.3) is 0 Å². The summed E-state index contributed by atoms with van der Waals surface area (Å²) in [6.07, 6.45) is 22.1. The fourth-order valence-corrected chi connectivity index (χ4v) is 14.2. The van der Waals surface area contributed by atoms with E-state index in [1.54, 1.807) is 0 Å². The van der Waals surface area contributed by atoms with Gasteiger partial charge in [-0.2, -0.15) is 47.5 Å². The van der Waals surface area contributed by atoms with Gasteiger partial charge in [0, 0.05) is 0 Å². The van der Waals surface area contributed by atoms with Crippen LogP contribution in [-0.2, 0) is 83.0 Å². The molecule has 8 heteroatoms. The van der Waals surface area contributed by atoms with Crippen molar-refractivity contribution in [1.82, 2.24) is 0 Å². The SMILES string of the molecule is Brc1ccc([C](=[Zr+2])c2ccc(Br)cc2)cc1.Brc1ccc([C](=[Zr+2])c2ccc(Br)cc2)cc1.Cc1[c-]c2c(cc1C(C)(C)C)-c1cc(C(C)(C)C)c(C)cc1C2.Cc1[c-]c2c(cc1C(C)(C)C)-c1cc(C(C)(C)C)c(C)cc1C2.[C-]1=CC=CC1.[C-]1=CC=CC1.[Cl-].[Cl-]. The van der Waals surface area contributed by atoms with E-state index in [2.05, 4.69) is 344 Å². The van der Waals surface area contributed by atoms with Gasteiger partial charge in [-0.25, -0.2) is 24.3 Å². The molecular weight excluding hydrogens is 1560 g/mol. The maximum atomic E-state index is 3.69. The van der Waals surface area contributed by atoms with Gasteiger partial charge >= 0.3 is 256 Å². The Hall–Kier alpha value is -3.27. The number of hydrogen-bond donors (Lipinski definition) is 0. The first-order valence-electron chi connectivity index (χ1n) is 30.4. The molecule has 8 aromatic carbocycles. The molecule has 0 aromatic heterocycles. The Balaban J connectivity index is 0.000000207. The molecule has 4 aliphatic rings.